The van der Waals surface area contributed by atoms with Gasteiger partial charge in [0.15, 0.2) is 0 Å². The maximum absolute atomic E-state index is 10.8. The van der Waals surface area contributed by atoms with Gasteiger partial charge in [0.2, 0.25) is 5.76 Å². The standard InChI is InChI=1S/C12H10ClNO4/c1-7-2-10(18-11(7)12(15)16)6-17-9-3-8(13)4-14-5-9/h2-5H,6H2,1H3,(H,15,16). The number of nitrogens with zero attached hydrogens (tertiary/aromatic N) is 1. The maximum Gasteiger partial charge on any atom is 0.372 e. The molecule has 0 aliphatic rings. The lowest BCUT2D eigenvalue weighted by Gasteiger charge is -2.03. The largest absolute Gasteiger partial charge is 0.484 e. The number of hydrogen-bond acceptors (Lipinski definition) is 4. The van der Waals surface area contributed by atoms with Gasteiger partial charge < -0.3 is 14.3 Å². The van der Waals surface area contributed by atoms with E-state index >= 15 is 0 Å². The van der Waals surface area contributed by atoms with E-state index in [2.05, 4.69) is 4.98 Å². The van der Waals surface area contributed by atoms with Crippen molar-refractivity contribution in [2.24, 2.45) is 0 Å². The van der Waals surface area contributed by atoms with Crippen LogP contribution in [0.1, 0.15) is 21.9 Å². The minimum Gasteiger partial charge on any atom is -0.484 e. The third-order valence-corrected chi connectivity index (χ3v) is 2.43. The van der Waals surface area contributed by atoms with Crippen LogP contribution in [-0.4, -0.2) is 16.1 Å². The molecule has 0 aromatic carbocycles. The highest BCUT2D eigenvalue weighted by atomic mass is 35.5. The quantitative estimate of drug-likeness (QED) is 0.922. The van der Waals surface area contributed by atoms with Crippen LogP contribution in [0.5, 0.6) is 5.75 Å². The summed E-state index contributed by atoms with van der Waals surface area (Å²) >= 11 is 5.75. The number of ether oxygens (including phenoxy) is 1. The molecule has 94 valence electrons. The number of hydrogen-bond donors (Lipinski definition) is 1. The number of carbonyl (C=O) groups is 1. The molecule has 0 unspecified atom stereocenters. The van der Waals surface area contributed by atoms with E-state index in [0.29, 0.717) is 22.1 Å². The van der Waals surface area contributed by atoms with Gasteiger partial charge in [-0.05, 0) is 13.0 Å². The normalized spacial score (nSPS) is 10.3. The number of rotatable bonds is 4. The molecule has 0 atom stereocenters. The van der Waals surface area contributed by atoms with Crippen LogP contribution < -0.4 is 4.74 Å². The Bertz CT molecular complexity index is 579. The van der Waals surface area contributed by atoms with E-state index in [4.69, 9.17) is 25.9 Å². The fourth-order valence-electron chi connectivity index (χ4n) is 1.46. The van der Waals surface area contributed by atoms with Crippen molar-refractivity contribution in [1.82, 2.24) is 4.98 Å². The van der Waals surface area contributed by atoms with Crippen LogP contribution in [0.2, 0.25) is 5.02 Å². The lowest BCUT2D eigenvalue weighted by atomic mass is 10.3. The van der Waals surface area contributed by atoms with E-state index in [9.17, 15) is 4.79 Å². The first-order valence-corrected chi connectivity index (χ1v) is 5.50. The highest BCUT2D eigenvalue weighted by molar-refractivity contribution is 6.30. The van der Waals surface area contributed by atoms with Gasteiger partial charge in [0.25, 0.3) is 0 Å². The van der Waals surface area contributed by atoms with E-state index in [0.717, 1.165) is 0 Å². The molecular formula is C12H10ClNO4. The van der Waals surface area contributed by atoms with Crippen molar-refractivity contribution >= 4 is 17.6 Å². The predicted octanol–water partition coefficient (Wildman–Crippen LogP) is 2.91. The van der Waals surface area contributed by atoms with Crippen LogP contribution in [0.15, 0.2) is 28.9 Å². The summed E-state index contributed by atoms with van der Waals surface area (Å²) in [4.78, 5) is 14.7. The van der Waals surface area contributed by atoms with Crippen LogP contribution in [0.25, 0.3) is 0 Å². The number of halogens is 1. The Hall–Kier alpha value is -2.01. The molecule has 1 N–H and O–H groups in total. The van der Waals surface area contributed by atoms with Gasteiger partial charge >= 0.3 is 5.97 Å². The number of carboxylic acid groups (broad SMARTS) is 1. The van der Waals surface area contributed by atoms with Crippen LogP contribution >= 0.6 is 11.6 Å². The zero-order valence-corrected chi connectivity index (χ0v) is 10.3. The van der Waals surface area contributed by atoms with Crippen molar-refractivity contribution in [2.45, 2.75) is 13.5 Å². The molecule has 0 radical (unpaired) electrons. The van der Waals surface area contributed by atoms with E-state index in [1.165, 1.54) is 12.4 Å². The second kappa shape index (κ2) is 5.10. The van der Waals surface area contributed by atoms with Crippen molar-refractivity contribution in [1.29, 1.82) is 0 Å². The highest BCUT2D eigenvalue weighted by Gasteiger charge is 2.14. The summed E-state index contributed by atoms with van der Waals surface area (Å²) in [6, 6.07) is 3.24. The zero-order valence-electron chi connectivity index (χ0n) is 9.51. The Balaban J connectivity index is 2.06. The molecule has 2 heterocycles. The van der Waals surface area contributed by atoms with Gasteiger partial charge in [0.1, 0.15) is 18.1 Å². The number of pyridine rings is 1. The van der Waals surface area contributed by atoms with Crippen molar-refractivity contribution in [2.75, 3.05) is 0 Å². The third kappa shape index (κ3) is 2.81. The maximum atomic E-state index is 10.8. The molecular weight excluding hydrogens is 258 g/mol. The fourth-order valence-corrected chi connectivity index (χ4v) is 1.62. The lowest BCUT2D eigenvalue weighted by molar-refractivity contribution is 0.0657. The summed E-state index contributed by atoms with van der Waals surface area (Å²) in [7, 11) is 0. The van der Waals surface area contributed by atoms with Gasteiger partial charge in [-0.15, -0.1) is 0 Å². The van der Waals surface area contributed by atoms with Crippen molar-refractivity contribution < 1.29 is 19.1 Å². The van der Waals surface area contributed by atoms with Gasteiger partial charge in [0, 0.05) is 17.8 Å². The Morgan fingerprint density at radius 2 is 2.28 bits per heavy atom. The zero-order chi connectivity index (χ0) is 13.1. The number of furan rings is 1. The van der Waals surface area contributed by atoms with Crippen molar-refractivity contribution in [3.8, 4) is 5.75 Å². The highest BCUT2D eigenvalue weighted by Crippen LogP contribution is 2.19. The minimum absolute atomic E-state index is 0.0715. The number of aromatic carboxylic acids is 1. The molecule has 18 heavy (non-hydrogen) atoms. The SMILES string of the molecule is Cc1cc(COc2cncc(Cl)c2)oc1C(=O)O. The van der Waals surface area contributed by atoms with Gasteiger partial charge in [-0.1, -0.05) is 11.6 Å². The summed E-state index contributed by atoms with van der Waals surface area (Å²) in [5.41, 5.74) is 0.560. The monoisotopic (exact) mass is 267 g/mol. The predicted molar refractivity (Wildman–Crippen MR) is 64.0 cm³/mol. The third-order valence-electron chi connectivity index (χ3n) is 2.22. The van der Waals surface area contributed by atoms with Gasteiger partial charge in [-0.25, -0.2) is 4.79 Å². The summed E-state index contributed by atoms with van der Waals surface area (Å²) in [5, 5.41) is 9.31. The van der Waals surface area contributed by atoms with Crippen LogP contribution in [-0.2, 0) is 6.61 Å². The molecule has 2 aromatic heterocycles. The van der Waals surface area contributed by atoms with E-state index < -0.39 is 5.97 Å². The first kappa shape index (κ1) is 12.4. The number of aromatic nitrogens is 1. The van der Waals surface area contributed by atoms with Crippen LogP contribution in [0.3, 0.4) is 0 Å². The Kier molecular flexibility index (Phi) is 3.53. The molecule has 0 bridgehead atoms. The fraction of sp³-hybridized carbons (Fsp3) is 0.167. The molecule has 0 aliphatic carbocycles. The lowest BCUT2D eigenvalue weighted by Crippen LogP contribution is -1.96. The van der Waals surface area contributed by atoms with Gasteiger partial charge in [-0.3, -0.25) is 4.98 Å². The molecule has 0 amide bonds. The first-order chi connectivity index (χ1) is 8.56. The molecule has 0 saturated carbocycles. The Morgan fingerprint density at radius 1 is 1.50 bits per heavy atom. The molecule has 5 nitrogen and oxygen atoms in total. The number of carboxylic acids is 1. The molecule has 6 heteroatoms. The molecule has 2 rings (SSSR count). The topological polar surface area (TPSA) is 72.6 Å². The Labute approximate surface area is 108 Å². The average Bonchev–Trinajstić information content (AvgIpc) is 2.68. The first-order valence-electron chi connectivity index (χ1n) is 5.12. The second-order valence-corrected chi connectivity index (χ2v) is 4.09. The van der Waals surface area contributed by atoms with E-state index in [1.807, 2.05) is 0 Å². The molecule has 0 spiro atoms. The van der Waals surface area contributed by atoms with Crippen LogP contribution in [0, 0.1) is 6.92 Å². The van der Waals surface area contributed by atoms with Gasteiger partial charge in [0.05, 0.1) is 11.2 Å². The molecule has 0 saturated heterocycles. The Morgan fingerprint density at radius 3 is 2.89 bits per heavy atom. The van der Waals surface area contributed by atoms with Crippen molar-refractivity contribution in [3.63, 3.8) is 0 Å². The summed E-state index contributed by atoms with van der Waals surface area (Å²) in [6.45, 7) is 1.79. The molecule has 2 aromatic rings. The summed E-state index contributed by atoms with van der Waals surface area (Å²) in [5.74, 6) is -0.237. The van der Waals surface area contributed by atoms with E-state index in [-0.39, 0.29) is 12.4 Å². The number of aryl methyl sites for hydroxylation is 1. The molecule has 0 fully saturated rings. The van der Waals surface area contributed by atoms with E-state index in [1.54, 1.807) is 19.1 Å². The summed E-state index contributed by atoms with van der Waals surface area (Å²) < 4.78 is 10.5. The molecule has 0 aliphatic heterocycles. The minimum atomic E-state index is -1.09. The summed E-state index contributed by atoms with van der Waals surface area (Å²) in [6.07, 6.45) is 3.01. The van der Waals surface area contributed by atoms with Gasteiger partial charge in [-0.2, -0.15) is 0 Å². The average molecular weight is 268 g/mol. The second-order valence-electron chi connectivity index (χ2n) is 3.66. The van der Waals surface area contributed by atoms with Crippen molar-refractivity contribution in [3.05, 3.63) is 46.6 Å². The smallest absolute Gasteiger partial charge is 0.372 e. The van der Waals surface area contributed by atoms with Crippen LogP contribution in [0.4, 0.5) is 0 Å².